The van der Waals surface area contributed by atoms with Gasteiger partial charge in [-0.1, -0.05) is 12.1 Å². The van der Waals surface area contributed by atoms with Crippen molar-refractivity contribution in [2.24, 2.45) is 5.92 Å². The van der Waals surface area contributed by atoms with Crippen LogP contribution in [-0.2, 0) is 4.79 Å². The van der Waals surface area contributed by atoms with Crippen LogP contribution in [0.4, 0.5) is 0 Å². The number of piperidine rings is 3. The van der Waals surface area contributed by atoms with Crippen LogP contribution in [0.3, 0.4) is 0 Å². The van der Waals surface area contributed by atoms with E-state index in [4.69, 9.17) is 0 Å². The summed E-state index contributed by atoms with van der Waals surface area (Å²) in [5.74, 6) is 0.633. The Morgan fingerprint density at radius 2 is 1.89 bits per heavy atom. The van der Waals surface area contributed by atoms with Gasteiger partial charge in [0.1, 0.15) is 0 Å². The molecule has 18 heavy (non-hydrogen) atoms. The maximum Gasteiger partial charge on any atom is 0.182 e. The number of ketones is 1. The third-order valence-corrected chi connectivity index (χ3v) is 4.62. The molecule has 1 aromatic rings. The highest BCUT2D eigenvalue weighted by molar-refractivity contribution is 7.98. The van der Waals surface area contributed by atoms with Crippen molar-refractivity contribution in [1.29, 1.82) is 0 Å². The van der Waals surface area contributed by atoms with Crippen LogP contribution >= 0.6 is 11.8 Å². The molecule has 0 saturated carbocycles. The summed E-state index contributed by atoms with van der Waals surface area (Å²) < 4.78 is 0. The molecule has 3 aliphatic rings. The van der Waals surface area contributed by atoms with Gasteiger partial charge >= 0.3 is 0 Å². The molecule has 2 bridgehead atoms. The van der Waals surface area contributed by atoms with Gasteiger partial charge in [-0.05, 0) is 42.9 Å². The summed E-state index contributed by atoms with van der Waals surface area (Å²) in [6, 6.07) is 8.40. The topological polar surface area (TPSA) is 20.3 Å². The van der Waals surface area contributed by atoms with E-state index in [0.29, 0.717) is 5.78 Å². The maximum absolute atomic E-state index is 12.2. The predicted molar refractivity (Wildman–Crippen MR) is 75.5 cm³/mol. The van der Waals surface area contributed by atoms with Crippen LogP contribution in [0.2, 0.25) is 0 Å². The molecule has 0 aromatic heterocycles. The SMILES string of the molecule is CSc1ccc(/C=C2\C(=O)C3CCN2CC3)cc1. The number of benzene rings is 1. The lowest BCUT2D eigenvalue weighted by molar-refractivity contribution is -0.125. The zero-order valence-corrected chi connectivity index (χ0v) is 11.4. The van der Waals surface area contributed by atoms with Gasteiger partial charge in [-0.15, -0.1) is 11.8 Å². The molecule has 0 radical (unpaired) electrons. The largest absolute Gasteiger partial charge is 0.369 e. The van der Waals surface area contributed by atoms with Crippen molar-refractivity contribution in [2.45, 2.75) is 17.7 Å². The first-order valence-corrected chi connectivity index (χ1v) is 7.65. The van der Waals surface area contributed by atoms with Crippen molar-refractivity contribution >= 4 is 23.6 Å². The average Bonchev–Trinajstić information content (AvgIpc) is 2.44. The minimum absolute atomic E-state index is 0.284. The number of hydrogen-bond acceptors (Lipinski definition) is 3. The third kappa shape index (κ3) is 2.07. The molecule has 3 aliphatic heterocycles. The number of carbonyl (C=O) groups is 1. The fourth-order valence-electron chi connectivity index (χ4n) is 2.77. The van der Waals surface area contributed by atoms with E-state index in [2.05, 4.69) is 41.5 Å². The number of nitrogens with zero attached hydrogens (tertiary/aromatic N) is 1. The van der Waals surface area contributed by atoms with Gasteiger partial charge in [0.05, 0.1) is 5.70 Å². The summed E-state index contributed by atoms with van der Waals surface area (Å²) >= 11 is 1.74. The van der Waals surface area contributed by atoms with Crippen LogP contribution in [0.1, 0.15) is 18.4 Å². The van der Waals surface area contributed by atoms with E-state index in [1.165, 1.54) is 4.90 Å². The van der Waals surface area contributed by atoms with E-state index >= 15 is 0 Å². The molecule has 3 heterocycles. The first kappa shape index (κ1) is 11.8. The smallest absolute Gasteiger partial charge is 0.182 e. The van der Waals surface area contributed by atoms with Crippen LogP contribution in [0.25, 0.3) is 6.08 Å². The Labute approximate surface area is 112 Å². The highest BCUT2D eigenvalue weighted by Crippen LogP contribution is 2.32. The molecule has 3 heteroatoms. The normalized spacial score (nSPS) is 21.9. The summed E-state index contributed by atoms with van der Waals surface area (Å²) in [7, 11) is 0. The summed E-state index contributed by atoms with van der Waals surface area (Å²) in [4.78, 5) is 15.7. The molecule has 1 aromatic carbocycles. The Balaban J connectivity index is 1.88. The van der Waals surface area contributed by atoms with Gasteiger partial charge in [-0.3, -0.25) is 4.79 Å². The van der Waals surface area contributed by atoms with Crippen LogP contribution in [0.5, 0.6) is 0 Å². The van der Waals surface area contributed by atoms with E-state index in [0.717, 1.165) is 37.2 Å². The van der Waals surface area contributed by atoms with Gasteiger partial charge in [0.25, 0.3) is 0 Å². The molecule has 2 nitrogen and oxygen atoms in total. The molecule has 0 amide bonds. The number of rotatable bonds is 2. The van der Waals surface area contributed by atoms with E-state index in [-0.39, 0.29) is 5.92 Å². The van der Waals surface area contributed by atoms with Gasteiger partial charge in [0.15, 0.2) is 5.78 Å². The summed E-state index contributed by atoms with van der Waals surface area (Å²) in [5.41, 5.74) is 2.05. The first-order valence-electron chi connectivity index (χ1n) is 6.43. The molecule has 3 fully saturated rings. The summed E-state index contributed by atoms with van der Waals surface area (Å²) in [6.45, 7) is 2.09. The lowest BCUT2D eigenvalue weighted by Gasteiger charge is -2.41. The summed E-state index contributed by atoms with van der Waals surface area (Å²) in [6.07, 6.45) is 6.21. The van der Waals surface area contributed by atoms with Crippen molar-refractivity contribution in [1.82, 2.24) is 4.90 Å². The van der Waals surface area contributed by atoms with Crippen LogP contribution < -0.4 is 0 Å². The van der Waals surface area contributed by atoms with E-state index in [1.807, 2.05) is 0 Å². The number of carbonyl (C=O) groups excluding carboxylic acids is 1. The van der Waals surface area contributed by atoms with Crippen LogP contribution in [0, 0.1) is 5.92 Å². The van der Waals surface area contributed by atoms with E-state index in [1.54, 1.807) is 11.8 Å². The van der Waals surface area contributed by atoms with Crippen molar-refractivity contribution < 1.29 is 4.79 Å². The highest BCUT2D eigenvalue weighted by atomic mass is 32.2. The number of Topliss-reactive ketones (excluding diaryl/α,β-unsaturated/α-hetero) is 1. The number of thioether (sulfide) groups is 1. The molecule has 0 spiro atoms. The zero-order chi connectivity index (χ0) is 12.5. The Kier molecular flexibility index (Phi) is 3.16. The van der Waals surface area contributed by atoms with Gasteiger partial charge in [-0.25, -0.2) is 0 Å². The Hall–Kier alpha value is -1.22. The number of allylic oxidation sites excluding steroid dienone is 1. The molecule has 0 unspecified atom stereocenters. The minimum Gasteiger partial charge on any atom is -0.369 e. The lowest BCUT2D eigenvalue weighted by Crippen LogP contribution is -2.45. The molecule has 0 atom stereocenters. The molecular weight excluding hydrogens is 242 g/mol. The Bertz CT molecular complexity index is 484. The van der Waals surface area contributed by atoms with E-state index in [9.17, 15) is 4.79 Å². The zero-order valence-electron chi connectivity index (χ0n) is 10.6. The van der Waals surface area contributed by atoms with E-state index < -0.39 is 0 Å². The first-order chi connectivity index (χ1) is 8.78. The quantitative estimate of drug-likeness (QED) is 0.601. The molecule has 3 saturated heterocycles. The average molecular weight is 259 g/mol. The molecule has 4 rings (SSSR count). The standard InChI is InChI=1S/C15H17NOS/c1-18-13-4-2-11(3-5-13)10-14-15(17)12-6-8-16(14)9-7-12/h2-5,10,12H,6-9H2,1H3/b14-10+. The monoisotopic (exact) mass is 259 g/mol. The van der Waals surface area contributed by atoms with Crippen LogP contribution in [0.15, 0.2) is 34.9 Å². The second-order valence-corrected chi connectivity index (χ2v) is 5.81. The van der Waals surface area contributed by atoms with Crippen molar-refractivity contribution in [3.63, 3.8) is 0 Å². The van der Waals surface area contributed by atoms with Crippen molar-refractivity contribution in [3.8, 4) is 0 Å². The second-order valence-electron chi connectivity index (χ2n) is 4.93. The number of hydrogen-bond donors (Lipinski definition) is 0. The molecule has 0 aliphatic carbocycles. The van der Waals surface area contributed by atoms with Gasteiger partial charge in [0, 0.05) is 23.9 Å². The van der Waals surface area contributed by atoms with Gasteiger partial charge in [-0.2, -0.15) is 0 Å². The maximum atomic E-state index is 12.2. The molecule has 94 valence electrons. The van der Waals surface area contributed by atoms with Gasteiger partial charge < -0.3 is 4.90 Å². The summed E-state index contributed by atoms with van der Waals surface area (Å²) in [5, 5.41) is 0. The number of fused-ring (bicyclic) bond motifs is 3. The van der Waals surface area contributed by atoms with Crippen LogP contribution in [-0.4, -0.2) is 30.0 Å². The van der Waals surface area contributed by atoms with Crippen molar-refractivity contribution in [3.05, 3.63) is 35.5 Å². The fraction of sp³-hybridized carbons (Fsp3) is 0.400. The fourth-order valence-corrected chi connectivity index (χ4v) is 3.18. The second kappa shape index (κ2) is 4.81. The Morgan fingerprint density at radius 3 is 2.44 bits per heavy atom. The predicted octanol–water partition coefficient (Wildman–Crippen LogP) is 3.04. The molecular formula is C15H17NOS. The Morgan fingerprint density at radius 1 is 1.22 bits per heavy atom. The third-order valence-electron chi connectivity index (χ3n) is 3.88. The van der Waals surface area contributed by atoms with Gasteiger partial charge in [0.2, 0.25) is 0 Å². The molecule has 0 N–H and O–H groups in total. The minimum atomic E-state index is 0.284. The highest BCUT2D eigenvalue weighted by Gasteiger charge is 2.36. The van der Waals surface area contributed by atoms with Crippen molar-refractivity contribution in [2.75, 3.05) is 19.3 Å². The lowest BCUT2D eigenvalue weighted by atomic mass is 9.84.